The molecule has 0 aliphatic rings. The second-order valence-corrected chi connectivity index (χ2v) is 4.01. The van der Waals surface area contributed by atoms with Gasteiger partial charge in [-0.1, -0.05) is 6.07 Å². The van der Waals surface area contributed by atoms with E-state index in [0.717, 1.165) is 24.8 Å². The molecule has 0 amide bonds. The molecule has 1 aromatic rings. The SMILES string of the molecule is CN(C)c1c(CCCCN)ccc(F)c1F. The van der Waals surface area contributed by atoms with Gasteiger partial charge >= 0.3 is 0 Å². The Morgan fingerprint density at radius 2 is 1.88 bits per heavy atom. The van der Waals surface area contributed by atoms with Gasteiger partial charge in [0.25, 0.3) is 0 Å². The first-order chi connectivity index (χ1) is 7.57. The van der Waals surface area contributed by atoms with Gasteiger partial charge < -0.3 is 10.6 Å². The van der Waals surface area contributed by atoms with E-state index in [1.807, 2.05) is 0 Å². The van der Waals surface area contributed by atoms with Crippen molar-refractivity contribution >= 4 is 5.69 Å². The molecule has 0 aliphatic heterocycles. The van der Waals surface area contributed by atoms with Crippen molar-refractivity contribution in [1.29, 1.82) is 0 Å². The Bertz CT molecular complexity index is 351. The van der Waals surface area contributed by atoms with Crippen molar-refractivity contribution in [3.05, 3.63) is 29.3 Å². The Kier molecular flexibility index (Phi) is 4.68. The molecule has 2 nitrogen and oxygen atoms in total. The minimum atomic E-state index is -0.800. The number of unbranched alkanes of at least 4 members (excludes halogenated alkanes) is 1. The molecule has 0 aromatic heterocycles. The molecule has 0 radical (unpaired) electrons. The van der Waals surface area contributed by atoms with E-state index in [1.165, 1.54) is 6.07 Å². The number of rotatable bonds is 5. The number of hydrogen-bond acceptors (Lipinski definition) is 2. The number of halogens is 2. The maximum atomic E-state index is 13.6. The fourth-order valence-electron chi connectivity index (χ4n) is 1.72. The predicted molar refractivity (Wildman–Crippen MR) is 62.7 cm³/mol. The summed E-state index contributed by atoms with van der Waals surface area (Å²) in [5, 5.41) is 0. The molecule has 1 rings (SSSR count). The molecular formula is C12H18F2N2. The smallest absolute Gasteiger partial charge is 0.182 e. The van der Waals surface area contributed by atoms with E-state index in [0.29, 0.717) is 12.2 Å². The molecule has 0 atom stereocenters. The van der Waals surface area contributed by atoms with Crippen LogP contribution in [0.3, 0.4) is 0 Å². The highest BCUT2D eigenvalue weighted by Gasteiger charge is 2.14. The molecule has 1 aromatic carbocycles. The summed E-state index contributed by atoms with van der Waals surface area (Å²) in [5.74, 6) is -1.57. The maximum absolute atomic E-state index is 13.6. The van der Waals surface area contributed by atoms with Crippen molar-refractivity contribution in [1.82, 2.24) is 0 Å². The van der Waals surface area contributed by atoms with Crippen LogP contribution in [0.25, 0.3) is 0 Å². The van der Waals surface area contributed by atoms with Crippen LogP contribution in [-0.2, 0) is 6.42 Å². The second kappa shape index (κ2) is 5.80. The van der Waals surface area contributed by atoms with Crippen molar-refractivity contribution in [2.24, 2.45) is 5.73 Å². The highest BCUT2D eigenvalue weighted by atomic mass is 19.2. The summed E-state index contributed by atoms with van der Waals surface area (Å²) in [6.07, 6.45) is 2.51. The zero-order valence-corrected chi connectivity index (χ0v) is 9.76. The number of nitrogens with two attached hydrogens (primary N) is 1. The maximum Gasteiger partial charge on any atom is 0.182 e. The van der Waals surface area contributed by atoms with Crippen LogP contribution in [0.4, 0.5) is 14.5 Å². The van der Waals surface area contributed by atoms with Gasteiger partial charge in [-0.15, -0.1) is 0 Å². The van der Waals surface area contributed by atoms with Crippen molar-refractivity contribution < 1.29 is 8.78 Å². The largest absolute Gasteiger partial charge is 0.375 e. The number of aryl methyl sites for hydroxylation is 1. The summed E-state index contributed by atoms with van der Waals surface area (Å²) in [6, 6.07) is 2.82. The van der Waals surface area contributed by atoms with E-state index in [2.05, 4.69) is 0 Å². The standard InChI is InChI=1S/C12H18F2N2/c1-16(2)12-9(5-3-4-8-15)6-7-10(13)11(12)14/h6-7H,3-5,8,15H2,1-2H3. The minimum absolute atomic E-state index is 0.344. The van der Waals surface area contributed by atoms with Crippen LogP contribution in [0.15, 0.2) is 12.1 Å². The van der Waals surface area contributed by atoms with Crippen molar-refractivity contribution in [2.75, 3.05) is 25.5 Å². The number of anilines is 1. The fourth-order valence-corrected chi connectivity index (χ4v) is 1.72. The third kappa shape index (κ3) is 2.92. The molecular weight excluding hydrogens is 210 g/mol. The molecule has 4 heteroatoms. The normalized spacial score (nSPS) is 10.6. The van der Waals surface area contributed by atoms with Gasteiger partial charge in [-0.3, -0.25) is 0 Å². The summed E-state index contributed by atoms with van der Waals surface area (Å²) in [7, 11) is 3.43. The Labute approximate surface area is 95.1 Å². The van der Waals surface area contributed by atoms with Crippen LogP contribution >= 0.6 is 0 Å². The zero-order chi connectivity index (χ0) is 12.1. The van der Waals surface area contributed by atoms with Gasteiger partial charge in [-0.2, -0.15) is 0 Å². The summed E-state index contributed by atoms with van der Waals surface area (Å²) in [6.45, 7) is 0.626. The topological polar surface area (TPSA) is 29.3 Å². The molecule has 0 bridgehead atoms. The van der Waals surface area contributed by atoms with Crippen LogP contribution in [0, 0.1) is 11.6 Å². The number of hydrogen-bond donors (Lipinski definition) is 1. The molecule has 0 heterocycles. The summed E-state index contributed by atoms with van der Waals surface area (Å²) >= 11 is 0. The molecule has 0 aliphatic carbocycles. The van der Waals surface area contributed by atoms with Gasteiger partial charge in [0.2, 0.25) is 0 Å². The van der Waals surface area contributed by atoms with Crippen molar-refractivity contribution in [3.63, 3.8) is 0 Å². The number of nitrogens with zero attached hydrogens (tertiary/aromatic N) is 1. The van der Waals surface area contributed by atoms with Gasteiger partial charge in [0.05, 0.1) is 5.69 Å². The molecule has 0 fully saturated rings. The van der Waals surface area contributed by atoms with E-state index < -0.39 is 11.6 Å². The number of benzene rings is 1. The van der Waals surface area contributed by atoms with E-state index in [4.69, 9.17) is 5.73 Å². The van der Waals surface area contributed by atoms with E-state index in [-0.39, 0.29) is 0 Å². The van der Waals surface area contributed by atoms with Crippen molar-refractivity contribution in [3.8, 4) is 0 Å². The van der Waals surface area contributed by atoms with E-state index in [1.54, 1.807) is 25.1 Å². The van der Waals surface area contributed by atoms with Gasteiger partial charge in [0, 0.05) is 14.1 Å². The van der Waals surface area contributed by atoms with Gasteiger partial charge in [-0.25, -0.2) is 8.78 Å². The lowest BCUT2D eigenvalue weighted by Crippen LogP contribution is -2.14. The summed E-state index contributed by atoms with van der Waals surface area (Å²) < 4.78 is 26.7. The zero-order valence-electron chi connectivity index (χ0n) is 9.76. The highest BCUT2D eigenvalue weighted by Crippen LogP contribution is 2.26. The Morgan fingerprint density at radius 1 is 1.19 bits per heavy atom. The lowest BCUT2D eigenvalue weighted by atomic mass is 10.0. The van der Waals surface area contributed by atoms with Gasteiger partial charge in [-0.05, 0) is 37.4 Å². The Hall–Kier alpha value is -1.16. The molecule has 2 N–H and O–H groups in total. The lowest BCUT2D eigenvalue weighted by molar-refractivity contribution is 0.507. The lowest BCUT2D eigenvalue weighted by Gasteiger charge is -2.18. The first-order valence-corrected chi connectivity index (χ1v) is 5.42. The third-order valence-electron chi connectivity index (χ3n) is 2.50. The third-order valence-corrected chi connectivity index (χ3v) is 2.50. The molecule has 0 saturated heterocycles. The molecule has 16 heavy (non-hydrogen) atoms. The average Bonchev–Trinajstić information content (AvgIpc) is 2.23. The van der Waals surface area contributed by atoms with Crippen LogP contribution in [0.5, 0.6) is 0 Å². The summed E-state index contributed by atoms with van der Waals surface area (Å²) in [4.78, 5) is 1.61. The van der Waals surface area contributed by atoms with Crippen LogP contribution in [-0.4, -0.2) is 20.6 Å². The second-order valence-electron chi connectivity index (χ2n) is 4.01. The molecule has 0 spiro atoms. The first kappa shape index (κ1) is 12.9. The van der Waals surface area contributed by atoms with E-state index in [9.17, 15) is 8.78 Å². The van der Waals surface area contributed by atoms with Crippen LogP contribution < -0.4 is 10.6 Å². The van der Waals surface area contributed by atoms with Crippen LogP contribution in [0.1, 0.15) is 18.4 Å². The minimum Gasteiger partial charge on any atom is -0.375 e. The fraction of sp³-hybridized carbons (Fsp3) is 0.500. The van der Waals surface area contributed by atoms with Crippen LogP contribution in [0.2, 0.25) is 0 Å². The highest BCUT2D eigenvalue weighted by molar-refractivity contribution is 5.54. The Balaban J connectivity index is 2.94. The molecule has 0 saturated carbocycles. The van der Waals surface area contributed by atoms with Crippen molar-refractivity contribution in [2.45, 2.75) is 19.3 Å². The average molecular weight is 228 g/mol. The molecule has 90 valence electrons. The predicted octanol–water partition coefficient (Wildman–Crippen LogP) is 2.31. The van der Waals surface area contributed by atoms with Gasteiger partial charge in [0.1, 0.15) is 0 Å². The first-order valence-electron chi connectivity index (χ1n) is 5.42. The quantitative estimate of drug-likeness (QED) is 0.784. The van der Waals surface area contributed by atoms with E-state index >= 15 is 0 Å². The molecule has 0 unspecified atom stereocenters. The van der Waals surface area contributed by atoms with Gasteiger partial charge in [0.15, 0.2) is 11.6 Å². The summed E-state index contributed by atoms with van der Waals surface area (Å²) in [5.41, 5.74) is 6.58. The Morgan fingerprint density at radius 3 is 2.44 bits per heavy atom. The monoisotopic (exact) mass is 228 g/mol.